The van der Waals surface area contributed by atoms with Gasteiger partial charge in [0.25, 0.3) is 5.65 Å². The second kappa shape index (κ2) is 5.59. The number of anilines is 1. The molecule has 0 amide bonds. The number of imidazole rings is 1. The van der Waals surface area contributed by atoms with E-state index in [1.54, 1.807) is 12.7 Å². The van der Waals surface area contributed by atoms with Crippen LogP contribution in [0.1, 0.15) is 5.56 Å². The molecule has 1 aromatic carbocycles. The van der Waals surface area contributed by atoms with Crippen molar-refractivity contribution in [3.05, 3.63) is 48.5 Å². The highest BCUT2D eigenvalue weighted by atomic mass is 79.9. The van der Waals surface area contributed by atoms with Gasteiger partial charge in [0, 0.05) is 0 Å². The molecule has 0 aliphatic rings. The summed E-state index contributed by atoms with van der Waals surface area (Å²) in [6.07, 6.45) is 3.27. The molecule has 92 valence electrons. The third-order valence-electron chi connectivity index (χ3n) is 2.58. The van der Waals surface area contributed by atoms with E-state index in [4.69, 9.17) is 0 Å². The first-order valence-corrected chi connectivity index (χ1v) is 5.41. The van der Waals surface area contributed by atoms with Crippen molar-refractivity contribution in [3.63, 3.8) is 0 Å². The number of nitrogens with one attached hydrogen (secondary N) is 3. The van der Waals surface area contributed by atoms with Crippen LogP contribution in [0.25, 0.3) is 11.2 Å². The molecule has 3 aromatic rings. The smallest absolute Gasteiger partial charge is 0.260 e. The fraction of sp³-hybridized carbons (Fsp3) is 0.0833. The lowest BCUT2D eigenvalue weighted by atomic mass is 10.2. The van der Waals surface area contributed by atoms with Crippen molar-refractivity contribution in [1.29, 1.82) is 0 Å². The molecular weight excluding hydrogens is 294 g/mol. The first-order valence-electron chi connectivity index (χ1n) is 5.41. The van der Waals surface area contributed by atoms with Gasteiger partial charge in [-0.15, -0.1) is 0 Å². The molecule has 18 heavy (non-hydrogen) atoms. The lowest BCUT2D eigenvalue weighted by Gasteiger charge is -2.01. The first kappa shape index (κ1) is 12.5. The van der Waals surface area contributed by atoms with Crippen molar-refractivity contribution >= 4 is 17.0 Å². The topological polar surface area (TPSA) is 67.7 Å². The van der Waals surface area contributed by atoms with Crippen LogP contribution in [0.15, 0.2) is 43.0 Å². The van der Waals surface area contributed by atoms with E-state index in [2.05, 4.69) is 37.4 Å². The molecule has 0 aliphatic carbocycles. The van der Waals surface area contributed by atoms with Gasteiger partial charge in [0.2, 0.25) is 12.1 Å². The van der Waals surface area contributed by atoms with Crippen molar-refractivity contribution in [2.45, 2.75) is 6.54 Å². The number of hydrogen-bond donors (Lipinski definition) is 2. The third kappa shape index (κ3) is 2.48. The highest BCUT2D eigenvalue weighted by Gasteiger charge is 2.10. The van der Waals surface area contributed by atoms with Crippen LogP contribution in [0, 0.1) is 0 Å². The summed E-state index contributed by atoms with van der Waals surface area (Å²) in [5, 5.41) is 3.32. The molecule has 0 saturated heterocycles. The van der Waals surface area contributed by atoms with Gasteiger partial charge in [-0.2, -0.15) is 0 Å². The minimum atomic E-state index is 0. The second-order valence-electron chi connectivity index (χ2n) is 3.72. The monoisotopic (exact) mass is 305 g/mol. The summed E-state index contributed by atoms with van der Waals surface area (Å²) in [6, 6.07) is 10.2. The average molecular weight is 306 g/mol. The predicted octanol–water partition coefficient (Wildman–Crippen LogP) is -1.61. The Morgan fingerprint density at radius 3 is 2.83 bits per heavy atom. The molecule has 2 heterocycles. The number of benzene rings is 1. The van der Waals surface area contributed by atoms with Gasteiger partial charge in [-0.25, -0.2) is 9.97 Å². The maximum atomic E-state index is 4.12. The lowest BCUT2D eigenvalue weighted by molar-refractivity contribution is -0.364. The molecule has 0 bridgehead atoms. The van der Waals surface area contributed by atoms with Crippen LogP contribution in [0.3, 0.4) is 0 Å². The van der Waals surface area contributed by atoms with Gasteiger partial charge in [0.05, 0.1) is 12.9 Å². The van der Waals surface area contributed by atoms with E-state index >= 15 is 0 Å². The predicted molar refractivity (Wildman–Crippen MR) is 64.2 cm³/mol. The van der Waals surface area contributed by atoms with E-state index in [1.807, 2.05) is 18.2 Å². The third-order valence-corrected chi connectivity index (χ3v) is 2.58. The summed E-state index contributed by atoms with van der Waals surface area (Å²) in [6.45, 7) is 0.759. The fourth-order valence-corrected chi connectivity index (χ4v) is 1.72. The average Bonchev–Trinajstić information content (AvgIpc) is 2.86. The minimum absolute atomic E-state index is 0. The van der Waals surface area contributed by atoms with Gasteiger partial charge in [-0.3, -0.25) is 5.32 Å². The number of nitrogens with zero attached hydrogens (tertiary/aromatic N) is 2. The van der Waals surface area contributed by atoms with Crippen molar-refractivity contribution < 1.29 is 22.0 Å². The van der Waals surface area contributed by atoms with E-state index in [-0.39, 0.29) is 17.0 Å². The Bertz CT molecular complexity index is 622. The Hall–Kier alpha value is -1.95. The molecule has 0 spiro atoms. The molecule has 0 unspecified atom stereocenters. The highest BCUT2D eigenvalue weighted by molar-refractivity contribution is 5.79. The molecule has 0 fully saturated rings. The maximum Gasteiger partial charge on any atom is 0.260 e. The number of hydrogen-bond acceptors (Lipinski definition) is 3. The van der Waals surface area contributed by atoms with Gasteiger partial charge in [0.15, 0.2) is 5.52 Å². The Labute approximate surface area is 114 Å². The number of rotatable bonds is 3. The molecule has 0 aliphatic heterocycles. The van der Waals surface area contributed by atoms with Crippen LogP contribution in [0.4, 0.5) is 5.82 Å². The summed E-state index contributed by atoms with van der Waals surface area (Å²) in [7, 11) is 0. The normalized spacial score (nSPS) is 10.0. The minimum Gasteiger partial charge on any atom is -1.00 e. The summed E-state index contributed by atoms with van der Waals surface area (Å²) in [5.41, 5.74) is 2.83. The van der Waals surface area contributed by atoms with E-state index in [1.165, 1.54) is 5.56 Å². The maximum absolute atomic E-state index is 4.12. The highest BCUT2D eigenvalue weighted by Crippen LogP contribution is 2.12. The summed E-state index contributed by atoms with van der Waals surface area (Å²) in [4.78, 5) is 14.4. The molecule has 6 heteroatoms. The fourth-order valence-electron chi connectivity index (χ4n) is 1.72. The Morgan fingerprint density at radius 2 is 2.00 bits per heavy atom. The number of halogens is 1. The molecular formula is C12H12BrN5. The summed E-state index contributed by atoms with van der Waals surface area (Å²) < 4.78 is 0. The summed E-state index contributed by atoms with van der Waals surface area (Å²) >= 11 is 0. The largest absolute Gasteiger partial charge is 1.00 e. The quantitative estimate of drug-likeness (QED) is 0.612. The zero-order valence-electron chi connectivity index (χ0n) is 9.52. The van der Waals surface area contributed by atoms with Crippen molar-refractivity contribution in [3.8, 4) is 0 Å². The molecule has 5 nitrogen and oxygen atoms in total. The molecule has 0 radical (unpaired) electrons. The molecule has 2 aromatic heterocycles. The Kier molecular flexibility index (Phi) is 3.88. The van der Waals surface area contributed by atoms with Crippen LogP contribution in [0.2, 0.25) is 0 Å². The van der Waals surface area contributed by atoms with Crippen molar-refractivity contribution in [1.82, 2.24) is 15.0 Å². The van der Waals surface area contributed by atoms with Crippen LogP contribution in [-0.2, 0) is 6.54 Å². The molecule has 0 saturated carbocycles. The van der Waals surface area contributed by atoms with Crippen LogP contribution in [-0.4, -0.2) is 15.0 Å². The number of fused-ring (bicyclic) bond motifs is 1. The van der Waals surface area contributed by atoms with E-state index in [0.29, 0.717) is 5.65 Å². The summed E-state index contributed by atoms with van der Waals surface area (Å²) in [5.74, 6) is 0.899. The molecule has 3 rings (SSSR count). The van der Waals surface area contributed by atoms with Gasteiger partial charge in [0.1, 0.15) is 0 Å². The van der Waals surface area contributed by atoms with Crippen molar-refractivity contribution in [2.75, 3.05) is 5.32 Å². The van der Waals surface area contributed by atoms with Crippen molar-refractivity contribution in [2.24, 2.45) is 0 Å². The zero-order chi connectivity index (χ0) is 11.5. The van der Waals surface area contributed by atoms with E-state index < -0.39 is 0 Å². The Morgan fingerprint density at radius 1 is 1.17 bits per heavy atom. The molecule has 3 N–H and O–H groups in total. The standard InChI is InChI=1S/C12H11N5.BrH/c1-2-4-9(5-3-1)6-13-11-10-12(15-7-14-10)17-8-16-11;/h1-5,7-8H,6H2,(H2,13,14,15,16,17);1H. The van der Waals surface area contributed by atoms with Gasteiger partial charge in [-0.05, 0) is 5.56 Å². The van der Waals surface area contributed by atoms with E-state index in [9.17, 15) is 0 Å². The first-order chi connectivity index (χ1) is 8.43. The van der Waals surface area contributed by atoms with Crippen LogP contribution in [0.5, 0.6) is 0 Å². The van der Waals surface area contributed by atoms with Crippen LogP contribution >= 0.6 is 0 Å². The van der Waals surface area contributed by atoms with Crippen LogP contribution < -0.4 is 27.3 Å². The number of aromatic amines is 2. The molecule has 0 atom stereocenters. The number of H-pyrrole nitrogens is 2. The Balaban J connectivity index is 0.00000120. The van der Waals surface area contributed by atoms with Gasteiger partial charge >= 0.3 is 0 Å². The van der Waals surface area contributed by atoms with Gasteiger partial charge < -0.3 is 22.0 Å². The van der Waals surface area contributed by atoms with Gasteiger partial charge in [-0.1, -0.05) is 35.3 Å². The second-order valence-corrected chi connectivity index (χ2v) is 3.72. The van der Waals surface area contributed by atoms with E-state index in [0.717, 1.165) is 17.9 Å². The number of aromatic nitrogens is 4. The zero-order valence-corrected chi connectivity index (χ0v) is 11.1. The lowest BCUT2D eigenvalue weighted by Crippen LogP contribution is -3.00. The SMILES string of the molecule is [Br-].c1ccc(CNc2[nH+]cnc3nc[nH]c23)cc1.